The summed E-state index contributed by atoms with van der Waals surface area (Å²) in [7, 11) is 3.98. The van der Waals surface area contributed by atoms with Crippen molar-refractivity contribution in [3.8, 4) is 0 Å². The number of nitro groups is 1. The molecular formula is C12H20N4O3S. The monoisotopic (exact) mass is 300 g/mol. The van der Waals surface area contributed by atoms with Crippen molar-refractivity contribution in [3.63, 3.8) is 0 Å². The van der Waals surface area contributed by atoms with E-state index in [1.807, 2.05) is 31.1 Å². The first-order valence-electron chi connectivity index (χ1n) is 6.12. The summed E-state index contributed by atoms with van der Waals surface area (Å²) in [4.78, 5) is 11.6. The Morgan fingerprint density at radius 1 is 1.55 bits per heavy atom. The number of nitrogens with one attached hydrogen (secondary N) is 1. The van der Waals surface area contributed by atoms with E-state index in [0.717, 1.165) is 35.8 Å². The Kier molecular flexibility index (Phi) is 6.96. The number of nitrogens with two attached hydrogens (primary N) is 1. The highest BCUT2D eigenvalue weighted by Gasteiger charge is 2.03. The second-order valence-corrected chi connectivity index (χ2v) is 5.56. The smallest absolute Gasteiger partial charge is 0.273 e. The minimum absolute atomic E-state index is 0.0712. The standard InChI is InChI=1S/C12H20N4O3S/c1-15(2)7-10-3-4-11(19-10)9-20-6-5-14-12(13)8-16(17)18/h3-4,8,14H,5-7,9,13H2,1-2H3. The Labute approximate surface area is 122 Å². The minimum atomic E-state index is -0.579. The predicted molar refractivity (Wildman–Crippen MR) is 79.5 cm³/mol. The van der Waals surface area contributed by atoms with E-state index in [2.05, 4.69) is 5.32 Å². The van der Waals surface area contributed by atoms with Crippen molar-refractivity contribution in [2.45, 2.75) is 12.3 Å². The van der Waals surface area contributed by atoms with Crippen molar-refractivity contribution in [3.05, 3.63) is 45.8 Å². The third-order valence-electron chi connectivity index (χ3n) is 2.25. The first kappa shape index (κ1) is 16.4. The molecule has 8 heteroatoms. The molecular weight excluding hydrogens is 280 g/mol. The molecule has 1 aromatic heterocycles. The van der Waals surface area contributed by atoms with E-state index in [9.17, 15) is 10.1 Å². The van der Waals surface area contributed by atoms with Crippen molar-refractivity contribution < 1.29 is 9.34 Å². The molecule has 20 heavy (non-hydrogen) atoms. The first-order valence-corrected chi connectivity index (χ1v) is 7.27. The van der Waals surface area contributed by atoms with Gasteiger partial charge in [0.2, 0.25) is 0 Å². The first-order chi connectivity index (χ1) is 9.47. The molecule has 0 spiro atoms. The molecule has 1 aromatic rings. The molecule has 0 radical (unpaired) electrons. The van der Waals surface area contributed by atoms with E-state index in [4.69, 9.17) is 10.2 Å². The molecule has 3 N–H and O–H groups in total. The second kappa shape index (κ2) is 8.49. The summed E-state index contributed by atoms with van der Waals surface area (Å²) in [5.74, 6) is 3.51. The minimum Gasteiger partial charge on any atom is -0.464 e. The molecule has 0 bridgehead atoms. The summed E-state index contributed by atoms with van der Waals surface area (Å²) < 4.78 is 5.67. The van der Waals surface area contributed by atoms with E-state index < -0.39 is 4.92 Å². The molecule has 0 saturated heterocycles. The van der Waals surface area contributed by atoms with E-state index >= 15 is 0 Å². The molecule has 0 unspecified atom stereocenters. The molecule has 1 heterocycles. The van der Waals surface area contributed by atoms with Crippen LogP contribution in [0, 0.1) is 10.1 Å². The summed E-state index contributed by atoms with van der Waals surface area (Å²) in [5.41, 5.74) is 5.39. The molecule has 0 aromatic carbocycles. The van der Waals surface area contributed by atoms with Gasteiger partial charge in [0.25, 0.3) is 6.20 Å². The quantitative estimate of drug-likeness (QED) is 0.402. The lowest BCUT2D eigenvalue weighted by Crippen LogP contribution is -2.23. The van der Waals surface area contributed by atoms with Gasteiger partial charge in [-0.2, -0.15) is 11.8 Å². The fourth-order valence-electron chi connectivity index (χ4n) is 1.50. The van der Waals surface area contributed by atoms with Gasteiger partial charge in [0.15, 0.2) is 5.82 Å². The van der Waals surface area contributed by atoms with Crippen LogP contribution in [0.1, 0.15) is 11.5 Å². The van der Waals surface area contributed by atoms with Gasteiger partial charge in [-0.1, -0.05) is 0 Å². The van der Waals surface area contributed by atoms with Gasteiger partial charge in [-0.3, -0.25) is 10.1 Å². The fourth-order valence-corrected chi connectivity index (χ4v) is 2.24. The zero-order valence-corrected chi connectivity index (χ0v) is 12.5. The second-order valence-electron chi connectivity index (χ2n) is 4.45. The van der Waals surface area contributed by atoms with E-state index in [1.165, 1.54) is 0 Å². The van der Waals surface area contributed by atoms with E-state index in [-0.39, 0.29) is 5.82 Å². The molecule has 0 aliphatic heterocycles. The number of hydrogen-bond acceptors (Lipinski definition) is 7. The van der Waals surface area contributed by atoms with E-state index in [0.29, 0.717) is 6.54 Å². The maximum atomic E-state index is 10.2. The van der Waals surface area contributed by atoms with Crippen LogP contribution in [0.15, 0.2) is 28.6 Å². The Morgan fingerprint density at radius 2 is 2.25 bits per heavy atom. The van der Waals surface area contributed by atoms with Crippen LogP contribution in [0.2, 0.25) is 0 Å². The van der Waals surface area contributed by atoms with Gasteiger partial charge in [-0.15, -0.1) is 0 Å². The molecule has 0 saturated carbocycles. The van der Waals surface area contributed by atoms with Gasteiger partial charge >= 0.3 is 0 Å². The zero-order valence-electron chi connectivity index (χ0n) is 11.7. The Bertz CT molecular complexity index is 459. The normalized spacial score (nSPS) is 11.8. The SMILES string of the molecule is CN(C)Cc1ccc(CSCCNC(N)=C[N+](=O)[O-])o1. The van der Waals surface area contributed by atoms with Crippen molar-refractivity contribution in [2.24, 2.45) is 5.73 Å². The number of hydrogen-bond donors (Lipinski definition) is 2. The fraction of sp³-hybridized carbons (Fsp3) is 0.500. The predicted octanol–water partition coefficient (Wildman–Crippen LogP) is 1.20. The average Bonchev–Trinajstić information content (AvgIpc) is 2.74. The van der Waals surface area contributed by atoms with Crippen LogP contribution in [0.4, 0.5) is 0 Å². The lowest BCUT2D eigenvalue weighted by molar-refractivity contribution is -0.403. The Balaban J connectivity index is 2.18. The summed E-state index contributed by atoms with van der Waals surface area (Å²) in [5, 5.41) is 12.9. The topological polar surface area (TPSA) is 97.6 Å². The van der Waals surface area contributed by atoms with Crippen LogP contribution >= 0.6 is 11.8 Å². The van der Waals surface area contributed by atoms with Gasteiger partial charge in [0.1, 0.15) is 11.5 Å². The molecule has 7 nitrogen and oxygen atoms in total. The van der Waals surface area contributed by atoms with Crippen molar-refractivity contribution in [2.75, 3.05) is 26.4 Å². The number of thioether (sulfide) groups is 1. The van der Waals surface area contributed by atoms with Gasteiger partial charge in [0, 0.05) is 12.3 Å². The lowest BCUT2D eigenvalue weighted by Gasteiger charge is -2.06. The molecule has 0 fully saturated rings. The van der Waals surface area contributed by atoms with E-state index in [1.54, 1.807) is 11.8 Å². The number of rotatable bonds is 9. The molecule has 0 atom stereocenters. The van der Waals surface area contributed by atoms with Gasteiger partial charge in [0.05, 0.1) is 17.2 Å². The zero-order chi connectivity index (χ0) is 15.0. The van der Waals surface area contributed by atoms with Crippen molar-refractivity contribution in [1.82, 2.24) is 10.2 Å². The van der Waals surface area contributed by atoms with Gasteiger partial charge in [-0.05, 0) is 26.2 Å². The average molecular weight is 300 g/mol. The molecule has 0 aliphatic rings. The van der Waals surface area contributed by atoms with Crippen LogP contribution in [0.3, 0.4) is 0 Å². The maximum Gasteiger partial charge on any atom is 0.273 e. The molecule has 112 valence electrons. The van der Waals surface area contributed by atoms with Crippen molar-refractivity contribution in [1.29, 1.82) is 0 Å². The highest BCUT2D eigenvalue weighted by Crippen LogP contribution is 2.15. The van der Waals surface area contributed by atoms with Crippen molar-refractivity contribution >= 4 is 11.8 Å². The lowest BCUT2D eigenvalue weighted by atomic mass is 10.4. The number of nitrogens with zero attached hydrogens (tertiary/aromatic N) is 2. The van der Waals surface area contributed by atoms with Gasteiger partial charge in [-0.25, -0.2) is 0 Å². The summed E-state index contributed by atoms with van der Waals surface area (Å²) in [6.07, 6.45) is 0.755. The third kappa shape index (κ3) is 7.05. The highest BCUT2D eigenvalue weighted by atomic mass is 32.2. The van der Waals surface area contributed by atoms with Crippen LogP contribution in [-0.4, -0.2) is 36.2 Å². The Morgan fingerprint density at radius 3 is 2.90 bits per heavy atom. The van der Waals surface area contributed by atoms with Gasteiger partial charge < -0.3 is 20.4 Å². The summed E-state index contributed by atoms with van der Waals surface area (Å²) >= 11 is 1.68. The van der Waals surface area contributed by atoms with Crippen LogP contribution in [0.25, 0.3) is 0 Å². The van der Waals surface area contributed by atoms with Crippen LogP contribution in [0.5, 0.6) is 0 Å². The third-order valence-corrected chi connectivity index (χ3v) is 3.24. The maximum absolute atomic E-state index is 10.2. The summed E-state index contributed by atoms with van der Waals surface area (Å²) in [6, 6.07) is 3.95. The molecule has 1 rings (SSSR count). The largest absolute Gasteiger partial charge is 0.464 e. The summed E-state index contributed by atoms with van der Waals surface area (Å²) in [6.45, 7) is 1.36. The Hall–Kier alpha value is -1.67. The van der Waals surface area contributed by atoms with Crippen LogP contribution < -0.4 is 11.1 Å². The highest BCUT2D eigenvalue weighted by molar-refractivity contribution is 7.98. The molecule has 0 amide bonds. The number of furan rings is 1. The van der Waals surface area contributed by atoms with Crippen LogP contribution in [-0.2, 0) is 12.3 Å². The molecule has 0 aliphatic carbocycles.